The minimum Gasteiger partial charge on any atom is -0.355 e. The standard InChI is InChI=1S/C16H17FN2O2/c1-11-4-2-3-9-19(11)16(20)14-10-15(21-18-14)12-5-7-13(17)8-6-12/h5-8,10-11H,2-4,9H2,1H3/t11-/m0/s1. The van der Waals surface area contributed by atoms with Gasteiger partial charge in [0.1, 0.15) is 5.82 Å². The van der Waals surface area contributed by atoms with Crippen molar-refractivity contribution >= 4 is 5.91 Å². The second kappa shape index (κ2) is 5.68. The predicted octanol–water partition coefficient (Wildman–Crippen LogP) is 3.50. The molecule has 5 heteroatoms. The molecule has 1 aromatic heterocycles. The molecule has 1 aromatic carbocycles. The van der Waals surface area contributed by atoms with Crippen molar-refractivity contribution in [2.75, 3.05) is 6.54 Å². The van der Waals surface area contributed by atoms with Gasteiger partial charge in [-0.1, -0.05) is 5.16 Å². The lowest BCUT2D eigenvalue weighted by atomic mass is 10.0. The highest BCUT2D eigenvalue weighted by Gasteiger charge is 2.26. The van der Waals surface area contributed by atoms with E-state index in [1.807, 2.05) is 4.90 Å². The Bertz CT molecular complexity index is 636. The number of hydrogen-bond acceptors (Lipinski definition) is 3. The Morgan fingerprint density at radius 2 is 2.10 bits per heavy atom. The first-order valence-corrected chi connectivity index (χ1v) is 7.19. The Morgan fingerprint density at radius 3 is 2.81 bits per heavy atom. The van der Waals surface area contributed by atoms with Crippen LogP contribution in [0.2, 0.25) is 0 Å². The number of benzene rings is 1. The summed E-state index contributed by atoms with van der Waals surface area (Å²) in [5.41, 5.74) is 1.01. The van der Waals surface area contributed by atoms with Crippen molar-refractivity contribution in [1.29, 1.82) is 0 Å². The molecule has 0 N–H and O–H groups in total. The van der Waals surface area contributed by atoms with E-state index < -0.39 is 0 Å². The maximum atomic E-state index is 12.9. The largest absolute Gasteiger partial charge is 0.355 e. The topological polar surface area (TPSA) is 46.3 Å². The van der Waals surface area contributed by atoms with Crippen molar-refractivity contribution in [3.8, 4) is 11.3 Å². The second-order valence-electron chi connectivity index (χ2n) is 5.43. The summed E-state index contributed by atoms with van der Waals surface area (Å²) in [6.45, 7) is 2.82. The maximum absolute atomic E-state index is 12.9. The van der Waals surface area contributed by atoms with Gasteiger partial charge in [0.25, 0.3) is 5.91 Å². The lowest BCUT2D eigenvalue weighted by molar-refractivity contribution is 0.0625. The summed E-state index contributed by atoms with van der Waals surface area (Å²) < 4.78 is 18.1. The third kappa shape index (κ3) is 2.82. The molecule has 0 saturated carbocycles. The first kappa shape index (κ1) is 13.8. The van der Waals surface area contributed by atoms with Gasteiger partial charge in [-0.05, 0) is 50.5 Å². The van der Waals surface area contributed by atoms with Crippen LogP contribution in [0.5, 0.6) is 0 Å². The van der Waals surface area contributed by atoms with Gasteiger partial charge >= 0.3 is 0 Å². The van der Waals surface area contributed by atoms with Gasteiger partial charge in [-0.25, -0.2) is 4.39 Å². The van der Waals surface area contributed by atoms with E-state index in [0.29, 0.717) is 17.0 Å². The molecular formula is C16H17FN2O2. The number of aromatic nitrogens is 1. The molecule has 0 bridgehead atoms. The van der Waals surface area contributed by atoms with Crippen molar-refractivity contribution < 1.29 is 13.7 Å². The number of likely N-dealkylation sites (tertiary alicyclic amines) is 1. The normalized spacial score (nSPS) is 18.8. The highest BCUT2D eigenvalue weighted by Crippen LogP contribution is 2.23. The van der Waals surface area contributed by atoms with Gasteiger partial charge in [0.2, 0.25) is 0 Å². The Labute approximate surface area is 122 Å². The third-order valence-corrected chi connectivity index (χ3v) is 3.92. The molecule has 2 heterocycles. The first-order chi connectivity index (χ1) is 10.1. The minimum atomic E-state index is -0.309. The van der Waals surface area contributed by atoms with Gasteiger partial charge in [-0.2, -0.15) is 0 Å². The summed E-state index contributed by atoms with van der Waals surface area (Å²) in [4.78, 5) is 14.3. The molecule has 0 radical (unpaired) electrons. The molecule has 21 heavy (non-hydrogen) atoms. The number of carbonyl (C=O) groups excluding carboxylic acids is 1. The summed E-state index contributed by atoms with van der Waals surface area (Å²) in [5.74, 6) is 0.0685. The highest BCUT2D eigenvalue weighted by atomic mass is 19.1. The van der Waals surface area contributed by atoms with Crippen LogP contribution in [0.3, 0.4) is 0 Å². The second-order valence-corrected chi connectivity index (χ2v) is 5.43. The van der Waals surface area contributed by atoms with Crippen molar-refractivity contribution in [1.82, 2.24) is 10.1 Å². The summed E-state index contributed by atoms with van der Waals surface area (Å²) in [5, 5.41) is 3.86. The molecular weight excluding hydrogens is 271 g/mol. The zero-order chi connectivity index (χ0) is 14.8. The lowest BCUT2D eigenvalue weighted by Gasteiger charge is -2.32. The van der Waals surface area contributed by atoms with E-state index in [1.165, 1.54) is 12.1 Å². The van der Waals surface area contributed by atoms with Crippen LogP contribution in [0.4, 0.5) is 4.39 Å². The van der Waals surface area contributed by atoms with Crippen molar-refractivity contribution in [3.05, 3.63) is 41.8 Å². The number of rotatable bonds is 2. The lowest BCUT2D eigenvalue weighted by Crippen LogP contribution is -2.42. The van der Waals surface area contributed by atoms with Crippen LogP contribution in [-0.2, 0) is 0 Å². The van der Waals surface area contributed by atoms with Gasteiger partial charge in [0.05, 0.1) is 0 Å². The zero-order valence-electron chi connectivity index (χ0n) is 11.9. The first-order valence-electron chi connectivity index (χ1n) is 7.19. The number of hydrogen-bond donors (Lipinski definition) is 0. The Morgan fingerprint density at radius 1 is 1.33 bits per heavy atom. The minimum absolute atomic E-state index is 0.0979. The number of halogens is 1. The average Bonchev–Trinajstić information content (AvgIpc) is 2.98. The van der Waals surface area contributed by atoms with Crippen molar-refractivity contribution in [2.45, 2.75) is 32.2 Å². The smallest absolute Gasteiger partial charge is 0.276 e. The monoisotopic (exact) mass is 288 g/mol. The summed E-state index contributed by atoms with van der Waals surface area (Å²) in [6, 6.07) is 7.77. The highest BCUT2D eigenvalue weighted by molar-refractivity contribution is 5.93. The molecule has 1 aliphatic rings. The number of amides is 1. The van der Waals surface area contributed by atoms with Gasteiger partial charge in [0, 0.05) is 24.2 Å². The Hall–Kier alpha value is -2.17. The predicted molar refractivity (Wildman–Crippen MR) is 76.2 cm³/mol. The van der Waals surface area contributed by atoms with Gasteiger partial charge in [0.15, 0.2) is 11.5 Å². The quantitative estimate of drug-likeness (QED) is 0.849. The molecule has 4 nitrogen and oxygen atoms in total. The molecule has 1 fully saturated rings. The van der Waals surface area contributed by atoms with E-state index >= 15 is 0 Å². The third-order valence-electron chi connectivity index (χ3n) is 3.92. The summed E-state index contributed by atoms with van der Waals surface area (Å²) in [6.07, 6.45) is 3.21. The summed E-state index contributed by atoms with van der Waals surface area (Å²) >= 11 is 0. The molecule has 1 aliphatic heterocycles. The van der Waals surface area contributed by atoms with Crippen LogP contribution in [-0.4, -0.2) is 28.6 Å². The van der Waals surface area contributed by atoms with Crippen LogP contribution in [0, 0.1) is 5.82 Å². The van der Waals surface area contributed by atoms with Crippen molar-refractivity contribution in [2.24, 2.45) is 0 Å². The zero-order valence-corrected chi connectivity index (χ0v) is 11.9. The van der Waals surface area contributed by atoms with Gasteiger partial charge < -0.3 is 9.42 Å². The summed E-state index contributed by atoms with van der Waals surface area (Å²) in [7, 11) is 0. The van der Waals surface area contributed by atoms with Gasteiger partial charge in [-0.15, -0.1) is 0 Å². The molecule has 1 amide bonds. The van der Waals surface area contributed by atoms with E-state index in [1.54, 1.807) is 18.2 Å². The SMILES string of the molecule is C[C@H]1CCCCN1C(=O)c1cc(-c2ccc(F)cc2)on1. The molecule has 1 atom stereocenters. The molecule has 110 valence electrons. The fourth-order valence-electron chi connectivity index (χ4n) is 2.67. The molecule has 0 spiro atoms. The molecule has 0 aliphatic carbocycles. The number of carbonyl (C=O) groups is 1. The van der Waals surface area contributed by atoms with E-state index in [0.717, 1.165) is 25.8 Å². The Kier molecular flexibility index (Phi) is 3.73. The molecule has 0 unspecified atom stereocenters. The van der Waals surface area contributed by atoms with Gasteiger partial charge in [-0.3, -0.25) is 4.79 Å². The average molecular weight is 288 g/mol. The van der Waals surface area contributed by atoms with Crippen LogP contribution >= 0.6 is 0 Å². The van der Waals surface area contributed by atoms with E-state index in [9.17, 15) is 9.18 Å². The van der Waals surface area contributed by atoms with E-state index in [4.69, 9.17) is 4.52 Å². The maximum Gasteiger partial charge on any atom is 0.276 e. The van der Waals surface area contributed by atoms with Crippen LogP contribution in [0.1, 0.15) is 36.7 Å². The number of piperidine rings is 1. The fourth-order valence-corrected chi connectivity index (χ4v) is 2.67. The Balaban J connectivity index is 1.81. The number of nitrogens with zero attached hydrogens (tertiary/aromatic N) is 2. The molecule has 3 rings (SSSR count). The van der Waals surface area contributed by atoms with Crippen LogP contribution in [0.25, 0.3) is 11.3 Å². The molecule has 1 saturated heterocycles. The van der Waals surface area contributed by atoms with Crippen LogP contribution < -0.4 is 0 Å². The molecule has 2 aromatic rings. The van der Waals surface area contributed by atoms with E-state index in [2.05, 4.69) is 12.1 Å². The van der Waals surface area contributed by atoms with E-state index in [-0.39, 0.29) is 17.8 Å². The van der Waals surface area contributed by atoms with Crippen molar-refractivity contribution in [3.63, 3.8) is 0 Å². The fraction of sp³-hybridized carbons (Fsp3) is 0.375. The van der Waals surface area contributed by atoms with Crippen LogP contribution in [0.15, 0.2) is 34.9 Å².